The van der Waals surface area contributed by atoms with Gasteiger partial charge in [0.1, 0.15) is 11.5 Å². The van der Waals surface area contributed by atoms with Crippen LogP contribution in [0.4, 0.5) is 0 Å². The first-order valence-electron chi connectivity index (χ1n) is 6.09. The highest BCUT2D eigenvalue weighted by molar-refractivity contribution is 6.31. The number of nitrogens with zero attached hydrogens (tertiary/aromatic N) is 2. The van der Waals surface area contributed by atoms with E-state index < -0.39 is 0 Å². The fourth-order valence-electron chi connectivity index (χ4n) is 1.83. The number of hydrogen-bond acceptors (Lipinski definition) is 3. The molecule has 0 radical (unpaired) electrons. The third-order valence-corrected chi connectivity index (χ3v) is 3.41. The minimum absolute atomic E-state index is 0.617. The van der Waals surface area contributed by atoms with Crippen LogP contribution in [0.5, 0.6) is 0 Å². The molecule has 0 fully saturated rings. The zero-order valence-electron chi connectivity index (χ0n) is 11.0. The molecule has 0 saturated carbocycles. The van der Waals surface area contributed by atoms with Gasteiger partial charge >= 0.3 is 0 Å². The molecule has 0 bridgehead atoms. The molecule has 18 heavy (non-hydrogen) atoms. The molecule has 0 amide bonds. The van der Waals surface area contributed by atoms with E-state index in [9.17, 15) is 0 Å². The molecule has 0 unspecified atom stereocenters. The summed E-state index contributed by atoms with van der Waals surface area (Å²) < 4.78 is 7.60. The molecule has 0 spiro atoms. The molecule has 4 nitrogen and oxygen atoms in total. The molecule has 0 saturated heterocycles. The lowest BCUT2D eigenvalue weighted by Crippen LogP contribution is -2.10. The summed E-state index contributed by atoms with van der Waals surface area (Å²) in [5, 5.41) is 8.35. The molecule has 5 heteroatoms. The van der Waals surface area contributed by atoms with Crippen LogP contribution in [0.15, 0.2) is 16.5 Å². The Labute approximate surface area is 112 Å². The van der Waals surface area contributed by atoms with Crippen LogP contribution in [0, 0.1) is 13.8 Å². The molecule has 2 aromatic heterocycles. The number of aryl methyl sites for hydroxylation is 1. The average molecular weight is 268 g/mol. The Kier molecular flexibility index (Phi) is 4.09. The fourth-order valence-corrected chi connectivity index (χ4v) is 1.96. The van der Waals surface area contributed by atoms with Gasteiger partial charge in [0.25, 0.3) is 0 Å². The first-order valence-corrected chi connectivity index (χ1v) is 6.47. The maximum Gasteiger partial charge on any atom is 0.125 e. The average Bonchev–Trinajstić information content (AvgIpc) is 2.89. The van der Waals surface area contributed by atoms with Crippen molar-refractivity contribution in [2.24, 2.45) is 0 Å². The summed E-state index contributed by atoms with van der Waals surface area (Å²) in [6.45, 7) is 8.25. The Balaban J connectivity index is 2.09. The third-order valence-electron chi connectivity index (χ3n) is 2.87. The van der Waals surface area contributed by atoms with Gasteiger partial charge in [-0.25, -0.2) is 0 Å². The summed E-state index contributed by atoms with van der Waals surface area (Å²) in [5.74, 6) is 1.84. The highest BCUT2D eigenvalue weighted by Gasteiger charge is 2.11. The summed E-state index contributed by atoms with van der Waals surface area (Å²) in [7, 11) is 0. The second-order valence-electron chi connectivity index (χ2n) is 4.29. The molecule has 98 valence electrons. The van der Waals surface area contributed by atoms with E-state index in [1.54, 1.807) is 0 Å². The monoisotopic (exact) mass is 267 g/mol. The molecule has 0 atom stereocenters. The van der Waals surface area contributed by atoms with E-state index in [0.717, 1.165) is 41.0 Å². The highest BCUT2D eigenvalue weighted by atomic mass is 35.5. The van der Waals surface area contributed by atoms with Crippen molar-refractivity contribution in [2.75, 3.05) is 6.54 Å². The van der Waals surface area contributed by atoms with Gasteiger partial charge in [-0.2, -0.15) is 5.10 Å². The SMILES string of the molecule is CCNCc1ccc(Cn2nc(C)c(Cl)c2C)o1. The van der Waals surface area contributed by atoms with Crippen LogP contribution in [-0.4, -0.2) is 16.3 Å². The lowest BCUT2D eigenvalue weighted by atomic mass is 10.4. The molecular weight excluding hydrogens is 250 g/mol. The topological polar surface area (TPSA) is 43.0 Å². The van der Waals surface area contributed by atoms with Crippen molar-refractivity contribution in [1.82, 2.24) is 15.1 Å². The standard InChI is InChI=1S/C13H18ClN3O/c1-4-15-7-11-5-6-12(18-11)8-17-10(3)13(14)9(2)16-17/h5-6,15H,4,7-8H2,1-3H3. The predicted molar refractivity (Wildman–Crippen MR) is 71.9 cm³/mol. The smallest absolute Gasteiger partial charge is 0.125 e. The first-order chi connectivity index (χ1) is 8.61. The van der Waals surface area contributed by atoms with Crippen LogP contribution in [0.2, 0.25) is 5.02 Å². The van der Waals surface area contributed by atoms with Crippen LogP contribution in [0.25, 0.3) is 0 Å². The van der Waals surface area contributed by atoms with Crippen molar-refractivity contribution in [3.05, 3.63) is 40.1 Å². The number of furan rings is 1. The zero-order valence-corrected chi connectivity index (χ0v) is 11.7. The Bertz CT molecular complexity index is 530. The lowest BCUT2D eigenvalue weighted by molar-refractivity contribution is 0.430. The van der Waals surface area contributed by atoms with Crippen molar-refractivity contribution >= 4 is 11.6 Å². The van der Waals surface area contributed by atoms with Crippen LogP contribution in [0.1, 0.15) is 29.8 Å². The van der Waals surface area contributed by atoms with E-state index in [1.807, 2.05) is 30.7 Å². The van der Waals surface area contributed by atoms with Crippen LogP contribution in [0.3, 0.4) is 0 Å². The molecule has 2 aromatic rings. The van der Waals surface area contributed by atoms with Gasteiger partial charge in [-0.15, -0.1) is 0 Å². The number of halogens is 1. The van der Waals surface area contributed by atoms with Crippen molar-refractivity contribution in [3.8, 4) is 0 Å². The van der Waals surface area contributed by atoms with Crippen LogP contribution >= 0.6 is 11.6 Å². The molecule has 0 aliphatic rings. The molecule has 2 rings (SSSR count). The Hall–Kier alpha value is -1.26. The summed E-state index contributed by atoms with van der Waals surface area (Å²) in [5.41, 5.74) is 1.83. The van der Waals surface area contributed by atoms with Gasteiger partial charge in [0.15, 0.2) is 0 Å². The normalized spacial score (nSPS) is 11.1. The second-order valence-corrected chi connectivity index (χ2v) is 4.67. The van der Waals surface area contributed by atoms with Gasteiger partial charge in [-0.1, -0.05) is 18.5 Å². The van der Waals surface area contributed by atoms with Gasteiger partial charge in [-0.05, 0) is 32.5 Å². The molecular formula is C13H18ClN3O. The number of hydrogen-bond donors (Lipinski definition) is 1. The first kappa shape index (κ1) is 13.2. The summed E-state index contributed by atoms with van der Waals surface area (Å²) in [4.78, 5) is 0. The highest BCUT2D eigenvalue weighted by Crippen LogP contribution is 2.20. The summed E-state index contributed by atoms with van der Waals surface area (Å²) in [6, 6.07) is 3.97. The quantitative estimate of drug-likeness (QED) is 0.906. The largest absolute Gasteiger partial charge is 0.463 e. The minimum Gasteiger partial charge on any atom is -0.463 e. The molecule has 0 aliphatic carbocycles. The summed E-state index contributed by atoms with van der Waals surface area (Å²) >= 11 is 6.11. The van der Waals surface area contributed by atoms with Gasteiger partial charge < -0.3 is 9.73 Å². The van der Waals surface area contributed by atoms with E-state index in [2.05, 4.69) is 17.3 Å². The molecule has 0 aliphatic heterocycles. The minimum atomic E-state index is 0.617. The number of rotatable bonds is 5. The molecule has 0 aromatic carbocycles. The summed E-state index contributed by atoms with van der Waals surface area (Å²) in [6.07, 6.45) is 0. The third kappa shape index (κ3) is 2.76. The molecule has 1 N–H and O–H groups in total. The molecule has 2 heterocycles. The van der Waals surface area contributed by atoms with Gasteiger partial charge in [-0.3, -0.25) is 4.68 Å². The van der Waals surface area contributed by atoms with Crippen LogP contribution in [-0.2, 0) is 13.1 Å². The van der Waals surface area contributed by atoms with Gasteiger partial charge in [0, 0.05) is 0 Å². The van der Waals surface area contributed by atoms with Crippen molar-refractivity contribution in [2.45, 2.75) is 33.9 Å². The maximum atomic E-state index is 6.11. The Morgan fingerprint density at radius 2 is 2.06 bits per heavy atom. The van der Waals surface area contributed by atoms with E-state index in [1.165, 1.54) is 0 Å². The van der Waals surface area contributed by atoms with Gasteiger partial charge in [0.05, 0.1) is 29.5 Å². The Morgan fingerprint density at radius 3 is 2.67 bits per heavy atom. The van der Waals surface area contributed by atoms with Crippen molar-refractivity contribution in [1.29, 1.82) is 0 Å². The van der Waals surface area contributed by atoms with E-state index in [0.29, 0.717) is 6.54 Å². The number of aromatic nitrogens is 2. The second kappa shape index (κ2) is 5.59. The predicted octanol–water partition coefficient (Wildman–Crippen LogP) is 2.90. The maximum absolute atomic E-state index is 6.11. The van der Waals surface area contributed by atoms with E-state index in [-0.39, 0.29) is 0 Å². The fraction of sp³-hybridized carbons (Fsp3) is 0.462. The van der Waals surface area contributed by atoms with Crippen molar-refractivity contribution < 1.29 is 4.42 Å². The number of nitrogens with one attached hydrogen (secondary N) is 1. The lowest BCUT2D eigenvalue weighted by Gasteiger charge is -2.02. The van der Waals surface area contributed by atoms with E-state index in [4.69, 9.17) is 16.0 Å². The van der Waals surface area contributed by atoms with Crippen molar-refractivity contribution in [3.63, 3.8) is 0 Å². The van der Waals surface area contributed by atoms with Crippen LogP contribution < -0.4 is 5.32 Å². The zero-order chi connectivity index (χ0) is 13.1. The van der Waals surface area contributed by atoms with E-state index >= 15 is 0 Å². The van der Waals surface area contributed by atoms with Gasteiger partial charge in [0.2, 0.25) is 0 Å². The Morgan fingerprint density at radius 1 is 1.33 bits per heavy atom.